The highest BCUT2D eigenvalue weighted by molar-refractivity contribution is 5.33. The second kappa shape index (κ2) is 6.21. The van der Waals surface area contributed by atoms with Gasteiger partial charge in [-0.3, -0.25) is 4.90 Å². The van der Waals surface area contributed by atoms with Crippen LogP contribution in [0.4, 0.5) is 0 Å². The molecule has 1 unspecified atom stereocenters. The first kappa shape index (κ1) is 13.4. The van der Waals surface area contributed by atoms with Crippen LogP contribution in [0.25, 0.3) is 0 Å². The number of nitrogens with zero attached hydrogens (tertiary/aromatic N) is 1. The molecule has 0 aliphatic carbocycles. The number of piperazine rings is 1. The zero-order chi connectivity index (χ0) is 13.0. The number of hydrogen-bond donors (Lipinski definition) is 1. The van der Waals surface area contributed by atoms with E-state index in [1.165, 1.54) is 11.1 Å². The second-order valence-corrected chi connectivity index (χ2v) is 5.19. The Bertz CT molecular complexity index is 386. The van der Waals surface area contributed by atoms with Crippen LogP contribution in [0, 0.1) is 13.8 Å². The first-order valence-electron chi connectivity index (χ1n) is 6.81. The summed E-state index contributed by atoms with van der Waals surface area (Å²) in [6.07, 6.45) is 0. The van der Waals surface area contributed by atoms with Crippen molar-refractivity contribution in [3.05, 3.63) is 29.3 Å². The van der Waals surface area contributed by atoms with Crippen LogP contribution >= 0.6 is 0 Å². The van der Waals surface area contributed by atoms with Gasteiger partial charge in [0.25, 0.3) is 0 Å². The summed E-state index contributed by atoms with van der Waals surface area (Å²) in [5.74, 6) is 0.986. The van der Waals surface area contributed by atoms with Crippen LogP contribution in [0.5, 0.6) is 5.75 Å². The summed E-state index contributed by atoms with van der Waals surface area (Å²) in [4.78, 5) is 2.48. The van der Waals surface area contributed by atoms with Crippen LogP contribution in [-0.2, 0) is 0 Å². The number of hydrogen-bond acceptors (Lipinski definition) is 3. The number of aryl methyl sites for hydroxylation is 2. The van der Waals surface area contributed by atoms with Crippen molar-refractivity contribution in [3.63, 3.8) is 0 Å². The van der Waals surface area contributed by atoms with Gasteiger partial charge in [0.2, 0.25) is 0 Å². The minimum absolute atomic E-state index is 0.480. The molecule has 1 aromatic rings. The Morgan fingerprint density at radius 1 is 1.22 bits per heavy atom. The van der Waals surface area contributed by atoms with Gasteiger partial charge in [0.05, 0.1) is 0 Å². The lowest BCUT2D eigenvalue weighted by molar-refractivity contribution is 0.132. The molecule has 1 saturated heterocycles. The van der Waals surface area contributed by atoms with E-state index in [4.69, 9.17) is 4.74 Å². The number of benzene rings is 1. The minimum Gasteiger partial charge on any atom is -0.492 e. The number of ether oxygens (including phenoxy) is 1. The highest BCUT2D eigenvalue weighted by Gasteiger charge is 2.16. The van der Waals surface area contributed by atoms with E-state index in [1.54, 1.807) is 0 Å². The van der Waals surface area contributed by atoms with Crippen LogP contribution in [0.1, 0.15) is 18.1 Å². The molecule has 1 heterocycles. The van der Waals surface area contributed by atoms with E-state index in [-0.39, 0.29) is 0 Å². The van der Waals surface area contributed by atoms with Gasteiger partial charge in [-0.15, -0.1) is 0 Å². The van der Waals surface area contributed by atoms with Crippen molar-refractivity contribution in [2.75, 3.05) is 32.8 Å². The molecular formula is C15H24N2O. The van der Waals surface area contributed by atoms with Crippen molar-refractivity contribution >= 4 is 0 Å². The van der Waals surface area contributed by atoms with Gasteiger partial charge in [-0.25, -0.2) is 0 Å². The largest absolute Gasteiger partial charge is 0.492 e. The van der Waals surface area contributed by atoms with Gasteiger partial charge in [0.1, 0.15) is 12.4 Å². The summed E-state index contributed by atoms with van der Waals surface area (Å²) in [5.41, 5.74) is 2.61. The molecule has 0 saturated carbocycles. The van der Waals surface area contributed by atoms with Crippen molar-refractivity contribution in [1.82, 2.24) is 10.2 Å². The molecule has 0 bridgehead atoms. The van der Waals surface area contributed by atoms with Crippen molar-refractivity contribution < 1.29 is 4.74 Å². The van der Waals surface area contributed by atoms with Crippen LogP contribution < -0.4 is 10.1 Å². The molecule has 1 aromatic carbocycles. The normalized spacial score (nSPS) is 18.6. The summed E-state index contributed by atoms with van der Waals surface area (Å²) in [6, 6.07) is 6.79. The Hall–Kier alpha value is -1.06. The molecule has 1 aliphatic rings. The van der Waals surface area contributed by atoms with E-state index < -0.39 is 0 Å². The maximum Gasteiger partial charge on any atom is 0.119 e. The third kappa shape index (κ3) is 3.47. The van der Waals surface area contributed by atoms with E-state index in [9.17, 15) is 0 Å². The van der Waals surface area contributed by atoms with E-state index in [1.807, 2.05) is 0 Å². The SMILES string of the molecule is Cc1ccc(OCC(C)N2CCNCC2)cc1C. The van der Waals surface area contributed by atoms with Gasteiger partial charge >= 0.3 is 0 Å². The van der Waals surface area contributed by atoms with Crippen molar-refractivity contribution in [3.8, 4) is 5.75 Å². The fraction of sp³-hybridized carbons (Fsp3) is 0.600. The van der Waals surface area contributed by atoms with E-state index in [0.29, 0.717) is 6.04 Å². The third-order valence-electron chi connectivity index (χ3n) is 3.74. The van der Waals surface area contributed by atoms with E-state index in [0.717, 1.165) is 38.5 Å². The van der Waals surface area contributed by atoms with Crippen LogP contribution in [-0.4, -0.2) is 43.7 Å². The molecule has 1 N–H and O–H groups in total. The average Bonchev–Trinajstić information content (AvgIpc) is 2.41. The maximum atomic E-state index is 5.89. The Kier molecular flexibility index (Phi) is 4.61. The predicted molar refractivity (Wildman–Crippen MR) is 75.3 cm³/mol. The summed E-state index contributed by atoms with van der Waals surface area (Å²) in [7, 11) is 0. The third-order valence-corrected chi connectivity index (χ3v) is 3.74. The monoisotopic (exact) mass is 248 g/mol. The van der Waals surface area contributed by atoms with Crippen molar-refractivity contribution in [1.29, 1.82) is 0 Å². The standard InChI is InChI=1S/C15H24N2O/c1-12-4-5-15(10-13(12)2)18-11-14(3)17-8-6-16-7-9-17/h4-5,10,14,16H,6-9,11H2,1-3H3. The molecule has 100 valence electrons. The summed E-state index contributed by atoms with van der Waals surface area (Å²) in [5, 5.41) is 3.37. The molecule has 3 nitrogen and oxygen atoms in total. The summed E-state index contributed by atoms with van der Waals surface area (Å²) >= 11 is 0. The molecule has 1 fully saturated rings. The van der Waals surface area contributed by atoms with Gasteiger partial charge in [-0.1, -0.05) is 6.07 Å². The number of rotatable bonds is 4. The second-order valence-electron chi connectivity index (χ2n) is 5.19. The van der Waals surface area contributed by atoms with Crippen LogP contribution in [0.3, 0.4) is 0 Å². The zero-order valence-electron chi connectivity index (χ0n) is 11.7. The molecule has 1 atom stereocenters. The first-order valence-corrected chi connectivity index (χ1v) is 6.81. The lowest BCUT2D eigenvalue weighted by Gasteiger charge is -2.32. The first-order chi connectivity index (χ1) is 8.66. The average molecular weight is 248 g/mol. The Labute approximate surface area is 110 Å². The Morgan fingerprint density at radius 2 is 1.94 bits per heavy atom. The predicted octanol–water partition coefficient (Wildman–Crippen LogP) is 1.98. The Balaban J connectivity index is 1.84. The molecule has 2 rings (SSSR count). The van der Waals surface area contributed by atoms with Crippen molar-refractivity contribution in [2.24, 2.45) is 0 Å². The minimum atomic E-state index is 0.480. The van der Waals surface area contributed by atoms with E-state index >= 15 is 0 Å². The molecule has 1 aliphatic heterocycles. The fourth-order valence-electron chi connectivity index (χ4n) is 2.25. The molecule has 0 radical (unpaired) electrons. The van der Waals surface area contributed by atoms with Gasteiger partial charge in [-0.2, -0.15) is 0 Å². The summed E-state index contributed by atoms with van der Waals surface area (Å²) in [6.45, 7) is 11.7. The molecule has 0 amide bonds. The van der Waals surface area contributed by atoms with Gasteiger partial charge < -0.3 is 10.1 Å². The summed E-state index contributed by atoms with van der Waals surface area (Å²) < 4.78 is 5.89. The molecular weight excluding hydrogens is 224 g/mol. The van der Waals surface area contributed by atoms with Crippen LogP contribution in [0.15, 0.2) is 18.2 Å². The molecule has 0 spiro atoms. The maximum absolute atomic E-state index is 5.89. The zero-order valence-corrected chi connectivity index (χ0v) is 11.7. The smallest absolute Gasteiger partial charge is 0.119 e. The fourth-order valence-corrected chi connectivity index (χ4v) is 2.25. The highest BCUT2D eigenvalue weighted by Crippen LogP contribution is 2.17. The van der Waals surface area contributed by atoms with E-state index in [2.05, 4.69) is 49.2 Å². The van der Waals surface area contributed by atoms with Crippen molar-refractivity contribution in [2.45, 2.75) is 26.8 Å². The Morgan fingerprint density at radius 3 is 2.61 bits per heavy atom. The lowest BCUT2D eigenvalue weighted by Crippen LogP contribution is -2.49. The van der Waals surface area contributed by atoms with Crippen LogP contribution in [0.2, 0.25) is 0 Å². The molecule has 18 heavy (non-hydrogen) atoms. The molecule has 3 heteroatoms. The molecule has 0 aromatic heterocycles. The van der Waals surface area contributed by atoms with Gasteiger partial charge in [0, 0.05) is 32.2 Å². The highest BCUT2D eigenvalue weighted by atomic mass is 16.5. The van der Waals surface area contributed by atoms with Gasteiger partial charge in [-0.05, 0) is 44.0 Å². The number of nitrogens with one attached hydrogen (secondary N) is 1. The topological polar surface area (TPSA) is 24.5 Å². The lowest BCUT2D eigenvalue weighted by atomic mass is 10.1. The quantitative estimate of drug-likeness (QED) is 0.882. The van der Waals surface area contributed by atoms with Gasteiger partial charge in [0.15, 0.2) is 0 Å².